The Morgan fingerprint density at radius 3 is 2.31 bits per heavy atom. The Labute approximate surface area is 158 Å². The van der Waals surface area contributed by atoms with Crippen LogP contribution in [0.5, 0.6) is 0 Å². The molecule has 1 aliphatic heterocycles. The Bertz CT molecular complexity index is 986. The number of rotatable bonds is 2. The predicted molar refractivity (Wildman–Crippen MR) is 102 cm³/mol. The van der Waals surface area contributed by atoms with Gasteiger partial charge in [0.15, 0.2) is 0 Å². The maximum Gasteiger partial charge on any atom is 0.242 e. The number of sulfonamides is 1. The molecule has 136 valence electrons. The van der Waals surface area contributed by atoms with Crippen molar-refractivity contribution in [2.24, 2.45) is 0 Å². The van der Waals surface area contributed by atoms with E-state index in [1.165, 1.54) is 14.8 Å². The van der Waals surface area contributed by atoms with Crippen LogP contribution in [-0.4, -0.2) is 32.6 Å². The van der Waals surface area contributed by atoms with Crippen LogP contribution in [0.1, 0.15) is 36.8 Å². The summed E-state index contributed by atoms with van der Waals surface area (Å²) in [7, 11) is -0.398. The van der Waals surface area contributed by atoms with E-state index >= 15 is 0 Å². The van der Waals surface area contributed by atoms with Crippen molar-refractivity contribution in [3.8, 4) is 0 Å². The number of carbonyl (C=O) groups is 1. The first-order chi connectivity index (χ1) is 12.3. The largest absolute Gasteiger partial charge is 0.300 e. The van der Waals surface area contributed by atoms with Crippen LogP contribution in [0.3, 0.4) is 0 Å². The maximum absolute atomic E-state index is 12.7. The minimum absolute atomic E-state index is 0.275. The molecule has 0 aromatic heterocycles. The number of fused-ring (bicyclic) bond motifs is 4. The molecule has 0 amide bonds. The van der Waals surface area contributed by atoms with Gasteiger partial charge in [-0.3, -0.25) is 4.79 Å². The van der Waals surface area contributed by atoms with Crippen molar-refractivity contribution in [1.82, 2.24) is 4.31 Å². The number of carbonyl (C=O) groups excluding carboxylic acids is 1. The van der Waals surface area contributed by atoms with Crippen molar-refractivity contribution in [3.05, 3.63) is 53.6 Å². The molecule has 1 aliphatic carbocycles. The molecule has 2 aromatic carbocycles. The molecule has 0 saturated heterocycles. The van der Waals surface area contributed by atoms with Crippen molar-refractivity contribution >= 4 is 27.6 Å². The molecule has 0 atom stereocenters. The van der Waals surface area contributed by atoms with E-state index in [9.17, 15) is 13.2 Å². The summed E-state index contributed by atoms with van der Waals surface area (Å²) in [6, 6.07) is 13.8. The summed E-state index contributed by atoms with van der Waals surface area (Å²) in [6.07, 6.45) is 2.57. The summed E-state index contributed by atoms with van der Waals surface area (Å²) in [5.41, 5.74) is 2.00. The highest BCUT2D eigenvalue weighted by Gasteiger charge is 2.43. The highest BCUT2D eigenvalue weighted by molar-refractivity contribution is 7.99. The molecular formula is C20H21NO3S2. The highest BCUT2D eigenvalue weighted by atomic mass is 32.2. The lowest BCUT2D eigenvalue weighted by Crippen LogP contribution is -2.36. The zero-order valence-electron chi connectivity index (χ0n) is 14.9. The quantitative estimate of drug-likeness (QED) is 0.786. The molecule has 0 bridgehead atoms. The lowest BCUT2D eigenvalue weighted by Gasteiger charge is -2.43. The van der Waals surface area contributed by atoms with Crippen molar-refractivity contribution in [1.29, 1.82) is 0 Å². The normalized spacial score (nSPS) is 18.7. The van der Waals surface area contributed by atoms with E-state index in [2.05, 4.69) is 12.1 Å². The van der Waals surface area contributed by atoms with Crippen LogP contribution in [0.25, 0.3) is 0 Å². The number of hydrogen-bond donors (Lipinski definition) is 0. The first-order valence-corrected chi connectivity index (χ1v) is 11.0. The zero-order valence-corrected chi connectivity index (χ0v) is 16.5. The van der Waals surface area contributed by atoms with Crippen LogP contribution in [0, 0.1) is 0 Å². The minimum Gasteiger partial charge on any atom is -0.300 e. The van der Waals surface area contributed by atoms with E-state index in [4.69, 9.17) is 0 Å². The molecule has 0 radical (unpaired) electrons. The molecule has 1 fully saturated rings. The van der Waals surface area contributed by atoms with Crippen LogP contribution < -0.4 is 0 Å². The van der Waals surface area contributed by atoms with Gasteiger partial charge in [-0.25, -0.2) is 12.7 Å². The van der Waals surface area contributed by atoms with Crippen molar-refractivity contribution in [3.63, 3.8) is 0 Å². The first-order valence-electron chi connectivity index (χ1n) is 8.71. The van der Waals surface area contributed by atoms with Gasteiger partial charge in [-0.1, -0.05) is 30.0 Å². The number of benzene rings is 2. The van der Waals surface area contributed by atoms with E-state index in [1.807, 2.05) is 24.3 Å². The van der Waals surface area contributed by atoms with Crippen LogP contribution in [0.2, 0.25) is 0 Å². The van der Waals surface area contributed by atoms with E-state index in [1.54, 1.807) is 31.9 Å². The molecule has 2 aliphatic rings. The van der Waals surface area contributed by atoms with E-state index in [0.29, 0.717) is 23.5 Å². The second-order valence-corrected chi connectivity index (χ2v) is 10.4. The zero-order chi connectivity index (χ0) is 18.5. The number of ketones is 1. The van der Waals surface area contributed by atoms with E-state index < -0.39 is 10.0 Å². The molecular weight excluding hydrogens is 366 g/mol. The predicted octanol–water partition coefficient (Wildman–Crippen LogP) is 3.83. The smallest absolute Gasteiger partial charge is 0.242 e. The maximum atomic E-state index is 12.7. The first kappa shape index (κ1) is 17.8. The fraction of sp³-hybridized carbons (Fsp3) is 0.350. The average Bonchev–Trinajstić information content (AvgIpc) is 2.63. The lowest BCUT2D eigenvalue weighted by molar-refractivity contribution is -0.121. The SMILES string of the molecule is CN(C)S(=O)(=O)c1ccc2c(c1)C1(CCC(=O)CC1)c1ccccc1S2. The summed E-state index contributed by atoms with van der Waals surface area (Å²) in [5.74, 6) is 0.296. The van der Waals surface area contributed by atoms with Gasteiger partial charge >= 0.3 is 0 Å². The Balaban J connectivity index is 1.94. The topological polar surface area (TPSA) is 54.5 Å². The van der Waals surface area contributed by atoms with Gasteiger partial charge in [0.1, 0.15) is 5.78 Å². The third-order valence-corrected chi connectivity index (χ3v) is 8.49. The number of hydrogen-bond acceptors (Lipinski definition) is 4. The van der Waals surface area contributed by atoms with Gasteiger partial charge in [0, 0.05) is 42.1 Å². The second kappa shape index (κ2) is 6.22. The molecule has 4 rings (SSSR count). The summed E-state index contributed by atoms with van der Waals surface area (Å²) in [4.78, 5) is 14.5. The number of nitrogens with zero attached hydrogens (tertiary/aromatic N) is 1. The molecule has 26 heavy (non-hydrogen) atoms. The van der Waals surface area contributed by atoms with Gasteiger partial charge < -0.3 is 0 Å². The monoisotopic (exact) mass is 387 g/mol. The summed E-state index contributed by atoms with van der Waals surface area (Å²) in [5, 5.41) is 0. The molecule has 1 saturated carbocycles. The van der Waals surface area contributed by atoms with Crippen molar-refractivity contribution < 1.29 is 13.2 Å². The molecule has 1 heterocycles. The van der Waals surface area contributed by atoms with Gasteiger partial charge in [-0.05, 0) is 48.2 Å². The molecule has 1 spiro atoms. The van der Waals surface area contributed by atoms with E-state index in [-0.39, 0.29) is 5.41 Å². The van der Waals surface area contributed by atoms with Crippen LogP contribution in [0.4, 0.5) is 0 Å². The lowest BCUT2D eigenvalue weighted by atomic mass is 9.65. The van der Waals surface area contributed by atoms with Crippen LogP contribution in [-0.2, 0) is 20.2 Å². The molecule has 2 aromatic rings. The Hall–Kier alpha value is -1.63. The van der Waals surface area contributed by atoms with Crippen LogP contribution in [0.15, 0.2) is 57.2 Å². The van der Waals surface area contributed by atoms with Crippen LogP contribution >= 0.6 is 11.8 Å². The Kier molecular flexibility index (Phi) is 4.25. The molecule has 6 heteroatoms. The Morgan fingerprint density at radius 1 is 0.962 bits per heavy atom. The summed E-state index contributed by atoms with van der Waals surface area (Å²) < 4.78 is 26.5. The molecule has 0 unspecified atom stereocenters. The van der Waals surface area contributed by atoms with Gasteiger partial charge in [0.05, 0.1) is 4.90 Å². The fourth-order valence-corrected chi connectivity index (χ4v) is 6.24. The molecule has 0 N–H and O–H groups in total. The minimum atomic E-state index is -3.50. The summed E-state index contributed by atoms with van der Waals surface area (Å²) in [6.45, 7) is 0. The number of Topliss-reactive ketones (excluding diaryl/α,β-unsaturated/α-hetero) is 1. The standard InChI is InChI=1S/C20H21NO3S2/c1-21(2)26(23,24)15-7-8-19-17(13-15)20(11-9-14(22)10-12-20)16-5-3-4-6-18(16)25-19/h3-8,13H,9-12H2,1-2H3. The highest BCUT2D eigenvalue weighted by Crippen LogP contribution is 2.55. The third kappa shape index (κ3) is 2.63. The average molecular weight is 388 g/mol. The fourth-order valence-electron chi connectivity index (χ4n) is 4.05. The van der Waals surface area contributed by atoms with Crippen molar-refractivity contribution in [2.75, 3.05) is 14.1 Å². The van der Waals surface area contributed by atoms with Gasteiger partial charge in [0.25, 0.3) is 0 Å². The Morgan fingerprint density at radius 2 is 1.62 bits per heavy atom. The van der Waals surface area contributed by atoms with Gasteiger partial charge in [-0.2, -0.15) is 0 Å². The van der Waals surface area contributed by atoms with Crippen molar-refractivity contribution in [2.45, 2.75) is 45.8 Å². The summed E-state index contributed by atoms with van der Waals surface area (Å²) >= 11 is 1.69. The van der Waals surface area contributed by atoms with Gasteiger partial charge in [-0.15, -0.1) is 0 Å². The third-order valence-electron chi connectivity index (χ3n) is 5.53. The molecule has 4 nitrogen and oxygen atoms in total. The second-order valence-electron chi connectivity index (χ2n) is 7.16. The van der Waals surface area contributed by atoms with E-state index in [0.717, 1.165) is 23.3 Å². The van der Waals surface area contributed by atoms with Gasteiger partial charge in [0.2, 0.25) is 10.0 Å².